The normalized spacial score (nSPS) is 17.1. The van der Waals surface area contributed by atoms with E-state index in [2.05, 4.69) is 40.0 Å². The summed E-state index contributed by atoms with van der Waals surface area (Å²) in [6.45, 7) is 4.08. The molecule has 1 atom stereocenters. The number of rotatable bonds is 11. The maximum absolute atomic E-state index is 10.3. The summed E-state index contributed by atoms with van der Waals surface area (Å²) in [5.41, 5.74) is 8.53. The van der Waals surface area contributed by atoms with Crippen LogP contribution in [0.4, 0.5) is 5.69 Å². The first-order valence-corrected chi connectivity index (χ1v) is 9.23. The molecule has 1 unspecified atom stereocenters. The highest BCUT2D eigenvalue weighted by Crippen LogP contribution is 2.47. The third-order valence-electron chi connectivity index (χ3n) is 4.95. The Labute approximate surface area is 156 Å². The Morgan fingerprint density at radius 1 is 1.35 bits per heavy atom. The second-order valence-corrected chi connectivity index (χ2v) is 7.06. The molecule has 0 saturated heterocycles. The lowest BCUT2D eigenvalue weighted by atomic mass is 10.0. The van der Waals surface area contributed by atoms with Gasteiger partial charge in [0.25, 0.3) is 0 Å². The molecule has 1 aliphatic carbocycles. The molecule has 0 spiro atoms. The van der Waals surface area contributed by atoms with Gasteiger partial charge in [0.2, 0.25) is 6.41 Å². The lowest BCUT2D eigenvalue weighted by molar-refractivity contribution is -0.108. The zero-order valence-electron chi connectivity index (χ0n) is 15.8. The molecule has 1 fully saturated rings. The number of aliphatic imine (C=N–C) groups is 1. The van der Waals surface area contributed by atoms with E-state index in [1.807, 2.05) is 12.1 Å². The largest absolute Gasteiger partial charge is 0.341 e. The second-order valence-electron chi connectivity index (χ2n) is 7.06. The van der Waals surface area contributed by atoms with E-state index in [0.29, 0.717) is 23.7 Å². The van der Waals surface area contributed by atoms with Gasteiger partial charge in [-0.3, -0.25) is 9.79 Å². The molecule has 0 radical (unpaired) electrons. The van der Waals surface area contributed by atoms with Gasteiger partial charge in [-0.25, -0.2) is 0 Å². The number of amides is 1. The standard InChI is InChI=1S/C20H31N5O/c1-16(24-12-10-20(14-21)8-9-20)13-17-3-5-18(6-4-17)25-19(22-2)7-11-23-15-26/h3-7,11,15-16,24H,8-10,12-14,21H2,1-2H3,(H,22,25)(H,23,26)/b11-7-. The molecule has 0 aliphatic heterocycles. The number of carbonyl (C=O) groups excluding carboxylic acids is 1. The zero-order chi connectivity index (χ0) is 18.8. The summed E-state index contributed by atoms with van der Waals surface area (Å²) in [4.78, 5) is 14.4. The Bertz CT molecular complexity index is 620. The van der Waals surface area contributed by atoms with Crippen molar-refractivity contribution < 1.29 is 4.79 Å². The van der Waals surface area contributed by atoms with Crippen LogP contribution in [0.15, 0.2) is 41.5 Å². The third-order valence-corrected chi connectivity index (χ3v) is 4.95. The molecule has 0 heterocycles. The maximum Gasteiger partial charge on any atom is 0.211 e. The fraction of sp³-hybridized carbons (Fsp3) is 0.500. The van der Waals surface area contributed by atoms with Crippen LogP contribution in [0.1, 0.15) is 31.7 Å². The minimum Gasteiger partial charge on any atom is -0.341 e. The van der Waals surface area contributed by atoms with E-state index in [1.54, 1.807) is 19.3 Å². The minimum absolute atomic E-state index is 0.437. The van der Waals surface area contributed by atoms with Gasteiger partial charge in [0, 0.05) is 25.0 Å². The number of nitrogens with zero attached hydrogens (tertiary/aromatic N) is 1. The predicted octanol–water partition coefficient (Wildman–Crippen LogP) is 2.04. The van der Waals surface area contributed by atoms with Gasteiger partial charge in [-0.05, 0) is 74.9 Å². The van der Waals surface area contributed by atoms with E-state index >= 15 is 0 Å². The molecule has 2 rings (SSSR count). The molecule has 1 aromatic carbocycles. The summed E-state index contributed by atoms with van der Waals surface area (Å²) >= 11 is 0. The molecule has 1 aliphatic rings. The van der Waals surface area contributed by atoms with Crippen molar-refractivity contribution in [1.29, 1.82) is 0 Å². The summed E-state index contributed by atoms with van der Waals surface area (Å²) in [7, 11) is 1.70. The van der Waals surface area contributed by atoms with E-state index < -0.39 is 0 Å². The average molecular weight is 358 g/mol. The fourth-order valence-electron chi connectivity index (χ4n) is 2.95. The van der Waals surface area contributed by atoms with Crippen LogP contribution in [0.5, 0.6) is 0 Å². The van der Waals surface area contributed by atoms with Crippen molar-refractivity contribution in [3.8, 4) is 0 Å². The maximum atomic E-state index is 10.3. The van der Waals surface area contributed by atoms with Crippen molar-refractivity contribution in [1.82, 2.24) is 10.6 Å². The number of nitrogens with one attached hydrogen (secondary N) is 3. The molecular formula is C20H31N5O. The SMILES string of the molecule is CN=C(/C=C\NC=O)Nc1ccc(CC(C)NCCC2(CN)CC2)cc1. The van der Waals surface area contributed by atoms with Gasteiger partial charge in [0.15, 0.2) is 0 Å². The van der Waals surface area contributed by atoms with Gasteiger partial charge in [-0.15, -0.1) is 0 Å². The molecule has 26 heavy (non-hydrogen) atoms. The summed E-state index contributed by atoms with van der Waals surface area (Å²) in [5.74, 6) is 0.677. The van der Waals surface area contributed by atoms with Crippen LogP contribution >= 0.6 is 0 Å². The highest BCUT2D eigenvalue weighted by Gasteiger charge is 2.40. The first kappa shape index (κ1) is 20.1. The van der Waals surface area contributed by atoms with Gasteiger partial charge in [-0.1, -0.05) is 12.1 Å². The van der Waals surface area contributed by atoms with E-state index in [1.165, 1.54) is 24.8 Å². The average Bonchev–Trinajstić information content (AvgIpc) is 3.43. The number of benzene rings is 1. The van der Waals surface area contributed by atoms with Gasteiger partial charge in [0.1, 0.15) is 5.84 Å². The molecule has 1 saturated carbocycles. The number of nitrogens with two attached hydrogens (primary N) is 1. The Morgan fingerprint density at radius 2 is 2.08 bits per heavy atom. The van der Waals surface area contributed by atoms with Crippen LogP contribution in [0, 0.1) is 5.41 Å². The lowest BCUT2D eigenvalue weighted by Gasteiger charge is -2.17. The second kappa shape index (κ2) is 10.1. The van der Waals surface area contributed by atoms with Crippen molar-refractivity contribution in [3.05, 3.63) is 42.1 Å². The molecule has 6 heteroatoms. The Kier molecular flexibility index (Phi) is 7.81. The van der Waals surface area contributed by atoms with Crippen molar-refractivity contribution in [2.45, 2.75) is 38.6 Å². The molecule has 0 bridgehead atoms. The molecule has 142 valence electrons. The van der Waals surface area contributed by atoms with Crippen molar-refractivity contribution in [2.75, 3.05) is 25.5 Å². The fourth-order valence-corrected chi connectivity index (χ4v) is 2.95. The Morgan fingerprint density at radius 3 is 2.65 bits per heavy atom. The molecule has 5 N–H and O–H groups in total. The first-order valence-electron chi connectivity index (χ1n) is 9.23. The number of carbonyl (C=O) groups is 1. The zero-order valence-corrected chi connectivity index (χ0v) is 15.8. The summed E-state index contributed by atoms with van der Waals surface area (Å²) in [5, 5.41) is 9.29. The van der Waals surface area contributed by atoms with Crippen LogP contribution in [-0.2, 0) is 11.2 Å². The van der Waals surface area contributed by atoms with Crippen LogP contribution in [-0.4, -0.2) is 38.4 Å². The Balaban J connectivity index is 1.76. The van der Waals surface area contributed by atoms with Crippen LogP contribution in [0.2, 0.25) is 0 Å². The van der Waals surface area contributed by atoms with Gasteiger partial charge in [0.05, 0.1) is 0 Å². The van der Waals surface area contributed by atoms with Gasteiger partial charge >= 0.3 is 0 Å². The van der Waals surface area contributed by atoms with Crippen LogP contribution in [0.3, 0.4) is 0 Å². The van der Waals surface area contributed by atoms with Crippen molar-refractivity contribution in [3.63, 3.8) is 0 Å². The van der Waals surface area contributed by atoms with Crippen molar-refractivity contribution in [2.24, 2.45) is 16.1 Å². The quantitative estimate of drug-likeness (QED) is 0.277. The molecule has 6 nitrogen and oxygen atoms in total. The number of anilines is 1. The highest BCUT2D eigenvalue weighted by molar-refractivity contribution is 6.03. The summed E-state index contributed by atoms with van der Waals surface area (Å²) < 4.78 is 0. The first-order chi connectivity index (χ1) is 12.6. The lowest BCUT2D eigenvalue weighted by Crippen LogP contribution is -2.31. The number of hydrogen-bond acceptors (Lipinski definition) is 4. The topological polar surface area (TPSA) is 91.5 Å². The predicted molar refractivity (Wildman–Crippen MR) is 108 cm³/mol. The third kappa shape index (κ3) is 6.61. The van der Waals surface area contributed by atoms with E-state index in [-0.39, 0.29) is 0 Å². The minimum atomic E-state index is 0.437. The number of hydrogen-bond donors (Lipinski definition) is 4. The monoisotopic (exact) mass is 357 g/mol. The Hall–Kier alpha value is -2.18. The number of amidine groups is 1. The molecule has 1 amide bonds. The highest BCUT2D eigenvalue weighted by atomic mass is 16.1. The molecule has 0 aromatic heterocycles. The van der Waals surface area contributed by atoms with Gasteiger partial charge in [-0.2, -0.15) is 0 Å². The smallest absolute Gasteiger partial charge is 0.211 e. The van der Waals surface area contributed by atoms with E-state index in [4.69, 9.17) is 5.73 Å². The summed E-state index contributed by atoms with van der Waals surface area (Å²) in [6, 6.07) is 8.78. The molecular weight excluding hydrogens is 326 g/mol. The van der Waals surface area contributed by atoms with Crippen LogP contribution < -0.4 is 21.7 Å². The summed E-state index contributed by atoms with van der Waals surface area (Å²) in [6.07, 6.45) is 8.63. The van der Waals surface area contributed by atoms with Gasteiger partial charge < -0.3 is 21.7 Å². The van der Waals surface area contributed by atoms with Crippen LogP contribution in [0.25, 0.3) is 0 Å². The van der Waals surface area contributed by atoms with E-state index in [0.717, 1.165) is 25.2 Å². The van der Waals surface area contributed by atoms with Crippen molar-refractivity contribution >= 4 is 17.9 Å². The van der Waals surface area contributed by atoms with E-state index in [9.17, 15) is 4.79 Å². The molecule has 1 aromatic rings.